The minimum Gasteiger partial charge on any atom is -0.361 e. The minimum atomic E-state index is 0. The Morgan fingerprint density at radius 1 is 1.47 bits per heavy atom. The monoisotopic (exact) mass is 350 g/mol. The van der Waals surface area contributed by atoms with E-state index >= 15 is 0 Å². The van der Waals surface area contributed by atoms with Crippen LogP contribution >= 0.6 is 24.0 Å². The highest BCUT2D eigenvalue weighted by Gasteiger charge is 2.12. The van der Waals surface area contributed by atoms with Gasteiger partial charge in [0.1, 0.15) is 5.76 Å². The normalized spacial score (nSPS) is 18.3. The van der Waals surface area contributed by atoms with E-state index in [1.54, 1.807) is 0 Å². The van der Waals surface area contributed by atoms with Crippen molar-refractivity contribution < 1.29 is 4.52 Å². The number of nitrogens with one attached hydrogen (secondary N) is 2. The minimum absolute atomic E-state index is 0. The molecule has 96 valence electrons. The fourth-order valence-electron chi connectivity index (χ4n) is 1.82. The van der Waals surface area contributed by atoms with Crippen LogP contribution in [0, 0.1) is 13.8 Å². The lowest BCUT2D eigenvalue weighted by Crippen LogP contribution is -2.38. The van der Waals surface area contributed by atoms with Gasteiger partial charge in [0.05, 0.1) is 12.2 Å². The van der Waals surface area contributed by atoms with Gasteiger partial charge in [-0.25, -0.2) is 0 Å². The highest BCUT2D eigenvalue weighted by atomic mass is 127. The van der Waals surface area contributed by atoms with Crippen LogP contribution in [0.1, 0.15) is 23.9 Å². The largest absolute Gasteiger partial charge is 0.361 e. The lowest BCUT2D eigenvalue weighted by Gasteiger charge is -2.08. The van der Waals surface area contributed by atoms with Gasteiger partial charge >= 0.3 is 0 Å². The van der Waals surface area contributed by atoms with Crippen molar-refractivity contribution in [2.45, 2.75) is 33.2 Å². The van der Waals surface area contributed by atoms with Crippen molar-refractivity contribution in [2.24, 2.45) is 4.99 Å². The third kappa shape index (κ3) is 3.58. The quantitative estimate of drug-likeness (QED) is 0.809. The van der Waals surface area contributed by atoms with E-state index in [2.05, 4.69) is 27.7 Å². The van der Waals surface area contributed by atoms with E-state index in [4.69, 9.17) is 4.52 Å². The number of aryl methyl sites for hydroxylation is 2. The molecule has 1 aromatic rings. The van der Waals surface area contributed by atoms with E-state index in [0.29, 0.717) is 6.04 Å². The van der Waals surface area contributed by atoms with Gasteiger partial charge in [-0.1, -0.05) is 5.16 Å². The Labute approximate surface area is 118 Å². The lowest BCUT2D eigenvalue weighted by atomic mass is 10.1. The Hall–Kier alpha value is -0.790. The molecular formula is C11H19IN4O. The molecule has 2 rings (SSSR count). The van der Waals surface area contributed by atoms with Crippen molar-refractivity contribution >= 4 is 29.9 Å². The third-order valence-corrected chi connectivity index (χ3v) is 2.76. The number of halogens is 1. The second-order valence-electron chi connectivity index (χ2n) is 4.21. The fourth-order valence-corrected chi connectivity index (χ4v) is 1.82. The summed E-state index contributed by atoms with van der Waals surface area (Å²) in [6.07, 6.45) is 0.913. The zero-order chi connectivity index (χ0) is 11.5. The molecular weight excluding hydrogens is 331 g/mol. The molecule has 0 aromatic carbocycles. The van der Waals surface area contributed by atoms with Crippen LogP contribution in [0.2, 0.25) is 0 Å². The maximum Gasteiger partial charge on any atom is 0.191 e. The van der Waals surface area contributed by atoms with Crippen LogP contribution in [-0.4, -0.2) is 30.2 Å². The molecule has 1 atom stereocenters. The zero-order valence-electron chi connectivity index (χ0n) is 10.4. The Morgan fingerprint density at radius 2 is 2.24 bits per heavy atom. The summed E-state index contributed by atoms with van der Waals surface area (Å²) < 4.78 is 5.11. The summed E-state index contributed by atoms with van der Waals surface area (Å²) in [4.78, 5) is 4.34. The zero-order valence-corrected chi connectivity index (χ0v) is 12.7. The van der Waals surface area contributed by atoms with E-state index in [0.717, 1.165) is 36.9 Å². The molecule has 0 spiro atoms. The summed E-state index contributed by atoms with van der Waals surface area (Å²) in [6, 6.07) is 0.446. The van der Waals surface area contributed by atoms with E-state index in [1.807, 2.05) is 13.8 Å². The summed E-state index contributed by atoms with van der Waals surface area (Å²) in [5.41, 5.74) is 2.17. The number of aliphatic imine (C=N–C) groups is 1. The molecule has 0 amide bonds. The molecule has 5 nitrogen and oxygen atoms in total. The van der Waals surface area contributed by atoms with Gasteiger partial charge in [0.25, 0.3) is 0 Å². The van der Waals surface area contributed by atoms with Crippen molar-refractivity contribution in [2.75, 3.05) is 13.1 Å². The van der Waals surface area contributed by atoms with Crippen molar-refractivity contribution in [1.29, 1.82) is 0 Å². The summed E-state index contributed by atoms with van der Waals surface area (Å²) in [5, 5.41) is 10.5. The first-order valence-corrected chi connectivity index (χ1v) is 5.63. The van der Waals surface area contributed by atoms with E-state index in [1.165, 1.54) is 5.56 Å². The topological polar surface area (TPSA) is 62.5 Å². The van der Waals surface area contributed by atoms with Gasteiger partial charge in [-0.2, -0.15) is 0 Å². The van der Waals surface area contributed by atoms with Crippen molar-refractivity contribution in [3.63, 3.8) is 0 Å². The Morgan fingerprint density at radius 3 is 2.76 bits per heavy atom. The Balaban J connectivity index is 0.00000144. The van der Waals surface area contributed by atoms with Crippen LogP contribution in [0.5, 0.6) is 0 Å². The molecule has 1 aliphatic rings. The smallest absolute Gasteiger partial charge is 0.191 e. The number of rotatable bonds is 3. The summed E-state index contributed by atoms with van der Waals surface area (Å²) in [7, 11) is 0. The Bertz CT molecular complexity index is 383. The average molecular weight is 350 g/mol. The van der Waals surface area contributed by atoms with Crippen LogP contribution in [0.15, 0.2) is 9.52 Å². The molecule has 2 heterocycles. The SMILES string of the molecule is Cc1noc(C)c1CCNC1=NCC(C)N1.I. The molecule has 1 unspecified atom stereocenters. The van der Waals surface area contributed by atoms with Crippen molar-refractivity contribution in [1.82, 2.24) is 15.8 Å². The van der Waals surface area contributed by atoms with Gasteiger partial charge in [0.15, 0.2) is 5.96 Å². The first-order chi connectivity index (χ1) is 7.66. The molecule has 2 N–H and O–H groups in total. The van der Waals surface area contributed by atoms with E-state index in [9.17, 15) is 0 Å². The predicted molar refractivity (Wildman–Crippen MR) is 78.0 cm³/mol. The maximum atomic E-state index is 5.11. The molecule has 0 aliphatic carbocycles. The molecule has 0 radical (unpaired) electrons. The van der Waals surface area contributed by atoms with Crippen LogP contribution in [0.3, 0.4) is 0 Å². The number of hydrogen-bond donors (Lipinski definition) is 2. The molecule has 1 aliphatic heterocycles. The van der Waals surface area contributed by atoms with Gasteiger partial charge < -0.3 is 15.2 Å². The fraction of sp³-hybridized carbons (Fsp3) is 0.636. The molecule has 0 saturated heterocycles. The predicted octanol–water partition coefficient (Wildman–Crippen LogP) is 1.39. The van der Waals surface area contributed by atoms with Gasteiger partial charge in [-0.05, 0) is 27.2 Å². The molecule has 1 aromatic heterocycles. The number of hydrogen-bond acceptors (Lipinski definition) is 5. The van der Waals surface area contributed by atoms with Gasteiger partial charge in [-0.15, -0.1) is 24.0 Å². The van der Waals surface area contributed by atoms with Crippen LogP contribution in [0.4, 0.5) is 0 Å². The highest BCUT2D eigenvalue weighted by molar-refractivity contribution is 14.0. The molecule has 17 heavy (non-hydrogen) atoms. The molecule has 0 saturated carbocycles. The number of aromatic nitrogens is 1. The maximum absolute atomic E-state index is 5.11. The van der Waals surface area contributed by atoms with E-state index in [-0.39, 0.29) is 24.0 Å². The highest BCUT2D eigenvalue weighted by Crippen LogP contribution is 2.11. The van der Waals surface area contributed by atoms with Crippen molar-refractivity contribution in [3.8, 4) is 0 Å². The summed E-state index contributed by atoms with van der Waals surface area (Å²) in [6.45, 7) is 7.74. The second-order valence-corrected chi connectivity index (χ2v) is 4.21. The second kappa shape index (κ2) is 6.23. The Kier molecular flexibility index (Phi) is 5.23. The molecule has 0 bridgehead atoms. The summed E-state index contributed by atoms with van der Waals surface area (Å²) in [5.74, 6) is 1.81. The molecule has 0 fully saturated rings. The van der Waals surface area contributed by atoms with Crippen LogP contribution in [0.25, 0.3) is 0 Å². The van der Waals surface area contributed by atoms with Crippen LogP contribution in [-0.2, 0) is 6.42 Å². The summed E-state index contributed by atoms with van der Waals surface area (Å²) >= 11 is 0. The number of guanidine groups is 1. The standard InChI is InChI=1S/C11H18N4O.HI/c1-7-6-13-11(14-7)12-5-4-10-8(2)15-16-9(10)3;/h7H,4-6H2,1-3H3,(H2,12,13,14);1H. The number of nitrogens with zero attached hydrogens (tertiary/aromatic N) is 2. The third-order valence-electron chi connectivity index (χ3n) is 2.76. The van der Waals surface area contributed by atoms with E-state index < -0.39 is 0 Å². The lowest BCUT2D eigenvalue weighted by molar-refractivity contribution is 0.392. The van der Waals surface area contributed by atoms with Gasteiger partial charge in [0.2, 0.25) is 0 Å². The van der Waals surface area contributed by atoms with Gasteiger partial charge in [0, 0.05) is 18.2 Å². The van der Waals surface area contributed by atoms with Crippen molar-refractivity contribution in [3.05, 3.63) is 17.0 Å². The van der Waals surface area contributed by atoms with Gasteiger partial charge in [-0.3, -0.25) is 4.99 Å². The molecule has 6 heteroatoms. The first-order valence-electron chi connectivity index (χ1n) is 5.63. The first kappa shape index (κ1) is 14.3. The van der Waals surface area contributed by atoms with Crippen LogP contribution < -0.4 is 10.6 Å². The average Bonchev–Trinajstić information content (AvgIpc) is 2.78.